The fourth-order valence-corrected chi connectivity index (χ4v) is 8.53. The van der Waals surface area contributed by atoms with E-state index in [2.05, 4.69) is 204 Å². The standard InChI is InChI=1S/C57H50N3O.Pt/c1-37(2)29-39-25-26-52(48(32-39)42-21-14-9-15-22-42)60-53-24-16-23-47(54(53)59-56(60)49-30-38(3)31-50(55(49)61)57(4,5)6)45-33-44(41-19-12-8-13-20-41)34-46(35-45)51-36-43(27-28-58-51)40-17-10-7-11-18-40;/h7-28,30-34,36-37,61H,29H2,1-6H3;/q-1;. The first-order valence-corrected chi connectivity index (χ1v) is 21.2. The molecule has 0 unspecified atom stereocenters. The molecule has 0 bridgehead atoms. The van der Waals surface area contributed by atoms with Crippen molar-refractivity contribution in [2.75, 3.05) is 0 Å². The Hall–Kier alpha value is -6.35. The molecule has 9 rings (SSSR count). The smallest absolute Gasteiger partial charge is 0.148 e. The number of hydrogen-bond acceptors (Lipinski definition) is 3. The second-order valence-corrected chi connectivity index (χ2v) is 17.6. The minimum atomic E-state index is -0.296. The van der Waals surface area contributed by atoms with Gasteiger partial charge in [-0.3, -0.25) is 9.55 Å². The van der Waals surface area contributed by atoms with Crippen molar-refractivity contribution in [2.24, 2.45) is 5.92 Å². The molecule has 62 heavy (non-hydrogen) atoms. The molecule has 1 N–H and O–H groups in total. The first-order valence-electron chi connectivity index (χ1n) is 21.2. The maximum absolute atomic E-state index is 12.3. The average molecular weight is 988 g/mol. The molecule has 2 aromatic heterocycles. The summed E-state index contributed by atoms with van der Waals surface area (Å²) in [5.74, 6) is 1.43. The Morgan fingerprint density at radius 3 is 1.92 bits per heavy atom. The maximum Gasteiger partial charge on any atom is 0.148 e. The van der Waals surface area contributed by atoms with E-state index in [1.54, 1.807) is 0 Å². The molecule has 9 aromatic rings. The van der Waals surface area contributed by atoms with Gasteiger partial charge in [-0.05, 0) is 88.4 Å². The molecule has 0 spiro atoms. The molecule has 0 saturated carbocycles. The van der Waals surface area contributed by atoms with E-state index in [4.69, 9.17) is 9.97 Å². The number of imidazole rings is 1. The van der Waals surface area contributed by atoms with E-state index >= 15 is 0 Å². The van der Waals surface area contributed by atoms with Crippen molar-refractivity contribution >= 4 is 11.0 Å². The molecule has 5 heteroatoms. The summed E-state index contributed by atoms with van der Waals surface area (Å²) in [5, 5.41) is 12.3. The van der Waals surface area contributed by atoms with Crippen molar-refractivity contribution in [1.29, 1.82) is 0 Å². The monoisotopic (exact) mass is 987 g/mol. The van der Waals surface area contributed by atoms with Crippen molar-refractivity contribution in [3.8, 4) is 78.6 Å². The molecular weight excluding hydrogens is 938 g/mol. The molecule has 0 atom stereocenters. The van der Waals surface area contributed by atoms with Crippen LogP contribution in [0.5, 0.6) is 5.75 Å². The molecule has 7 aromatic carbocycles. The zero-order valence-electron chi connectivity index (χ0n) is 36.1. The van der Waals surface area contributed by atoms with Crippen molar-refractivity contribution in [3.63, 3.8) is 0 Å². The SMILES string of the molecule is Cc1cc(-c2nc3c(-c4[c-]c(-c5cc(-c6ccccc6)ccn5)cc(-c5ccccc5)c4)cccc3n2-c2ccc(CC(C)C)cc2-c2ccccc2)c(O)c(C(C)(C)C)c1.[Pt]. The Labute approximate surface area is 380 Å². The summed E-state index contributed by atoms with van der Waals surface area (Å²) >= 11 is 0. The molecule has 0 radical (unpaired) electrons. The van der Waals surface area contributed by atoms with Crippen LogP contribution in [0.1, 0.15) is 51.3 Å². The van der Waals surface area contributed by atoms with E-state index in [1.165, 1.54) is 5.56 Å². The number of aromatic nitrogens is 3. The third-order valence-electron chi connectivity index (χ3n) is 11.4. The topological polar surface area (TPSA) is 50.9 Å². The average Bonchev–Trinajstić information content (AvgIpc) is 3.67. The molecule has 0 aliphatic heterocycles. The van der Waals surface area contributed by atoms with Gasteiger partial charge in [-0.2, -0.15) is 0 Å². The Bertz CT molecular complexity index is 3020. The van der Waals surface area contributed by atoms with Crippen LogP contribution < -0.4 is 0 Å². The summed E-state index contributed by atoms with van der Waals surface area (Å²) < 4.78 is 2.26. The van der Waals surface area contributed by atoms with Crippen LogP contribution in [0.3, 0.4) is 0 Å². The van der Waals surface area contributed by atoms with Crippen LogP contribution in [0, 0.1) is 18.9 Å². The van der Waals surface area contributed by atoms with E-state index in [-0.39, 0.29) is 32.2 Å². The zero-order chi connectivity index (χ0) is 42.3. The van der Waals surface area contributed by atoms with Crippen molar-refractivity contribution < 1.29 is 26.2 Å². The minimum Gasteiger partial charge on any atom is -0.507 e. The number of para-hydroxylation sites is 1. The molecular formula is C57H50N3OPt-. The Morgan fingerprint density at radius 1 is 0.613 bits per heavy atom. The van der Waals surface area contributed by atoms with Crippen LogP contribution in [0.2, 0.25) is 0 Å². The number of aryl methyl sites for hydroxylation is 1. The van der Waals surface area contributed by atoms with Crippen molar-refractivity contribution in [3.05, 3.63) is 193 Å². The quantitative estimate of drug-likeness (QED) is 0.147. The van der Waals surface area contributed by atoms with E-state index in [9.17, 15) is 5.11 Å². The summed E-state index contributed by atoms with van der Waals surface area (Å²) in [6.45, 7) is 13.1. The fraction of sp³-hybridized carbons (Fsp3) is 0.158. The Balaban J connectivity index is 0.00000529. The second kappa shape index (κ2) is 17.6. The number of rotatable bonds is 9. The third kappa shape index (κ3) is 8.45. The van der Waals surface area contributed by atoms with Crippen LogP contribution in [0.25, 0.3) is 83.9 Å². The van der Waals surface area contributed by atoms with E-state index in [0.29, 0.717) is 17.3 Å². The van der Waals surface area contributed by atoms with Gasteiger partial charge in [0.2, 0.25) is 0 Å². The van der Waals surface area contributed by atoms with Crippen molar-refractivity contribution in [1.82, 2.24) is 14.5 Å². The zero-order valence-corrected chi connectivity index (χ0v) is 38.3. The largest absolute Gasteiger partial charge is 0.507 e. The third-order valence-corrected chi connectivity index (χ3v) is 11.4. The number of aromatic hydroxyl groups is 1. The van der Waals surface area contributed by atoms with E-state index in [1.807, 2.05) is 18.3 Å². The number of phenols is 1. The predicted molar refractivity (Wildman–Crippen MR) is 254 cm³/mol. The van der Waals surface area contributed by atoms with Gasteiger partial charge in [0.1, 0.15) is 11.6 Å². The molecule has 0 aliphatic rings. The minimum absolute atomic E-state index is 0. The molecule has 310 valence electrons. The first kappa shape index (κ1) is 42.3. The number of pyridine rings is 1. The van der Waals surface area contributed by atoms with Crippen LogP contribution in [0.15, 0.2) is 170 Å². The molecule has 0 saturated heterocycles. The number of hydrogen-bond donors (Lipinski definition) is 1. The molecule has 0 aliphatic carbocycles. The molecule has 4 nitrogen and oxygen atoms in total. The summed E-state index contributed by atoms with van der Waals surface area (Å²) in [5.41, 5.74) is 16.6. The number of benzene rings is 7. The number of nitrogens with zero attached hydrogens (tertiary/aromatic N) is 3. The van der Waals surface area contributed by atoms with Crippen LogP contribution in [-0.4, -0.2) is 19.6 Å². The molecule has 0 amide bonds. The normalized spacial score (nSPS) is 11.5. The molecule has 0 fully saturated rings. The van der Waals surface area contributed by atoms with Gasteiger partial charge in [0, 0.05) is 44.1 Å². The molecule has 2 heterocycles. The van der Waals surface area contributed by atoms with Gasteiger partial charge < -0.3 is 5.11 Å². The van der Waals surface area contributed by atoms with Gasteiger partial charge in [-0.1, -0.05) is 173 Å². The van der Waals surface area contributed by atoms with Gasteiger partial charge in [-0.25, -0.2) is 4.98 Å². The maximum atomic E-state index is 12.3. The van der Waals surface area contributed by atoms with Crippen molar-refractivity contribution in [2.45, 2.75) is 53.4 Å². The Kier molecular flexibility index (Phi) is 12.0. The number of fused-ring (bicyclic) bond motifs is 1. The summed E-state index contributed by atoms with van der Waals surface area (Å²) in [7, 11) is 0. The van der Waals surface area contributed by atoms with E-state index < -0.39 is 0 Å². The van der Waals surface area contributed by atoms with Gasteiger partial charge in [-0.15, -0.1) is 23.8 Å². The summed E-state index contributed by atoms with van der Waals surface area (Å²) in [6, 6.07) is 61.3. The second-order valence-electron chi connectivity index (χ2n) is 17.6. The van der Waals surface area contributed by atoms with Crippen LogP contribution in [-0.2, 0) is 32.9 Å². The number of phenolic OH excluding ortho intramolecular Hbond substituents is 1. The predicted octanol–water partition coefficient (Wildman–Crippen LogP) is 14.7. The van der Waals surface area contributed by atoms with Gasteiger partial charge >= 0.3 is 0 Å². The summed E-state index contributed by atoms with van der Waals surface area (Å²) in [4.78, 5) is 10.5. The van der Waals surface area contributed by atoms with E-state index in [0.717, 1.165) is 90.0 Å². The van der Waals surface area contributed by atoms with Gasteiger partial charge in [0.25, 0.3) is 0 Å². The van der Waals surface area contributed by atoms with Gasteiger partial charge in [0.05, 0.1) is 22.3 Å². The Morgan fingerprint density at radius 2 is 1.26 bits per heavy atom. The van der Waals surface area contributed by atoms with Crippen LogP contribution >= 0.6 is 0 Å². The fourth-order valence-electron chi connectivity index (χ4n) is 8.53. The van der Waals surface area contributed by atoms with Gasteiger partial charge in [0.15, 0.2) is 0 Å². The first-order chi connectivity index (χ1) is 29.5. The summed E-state index contributed by atoms with van der Waals surface area (Å²) in [6.07, 6.45) is 2.85. The van der Waals surface area contributed by atoms with Crippen LogP contribution in [0.4, 0.5) is 0 Å².